The van der Waals surface area contributed by atoms with Crippen LogP contribution in [0, 0.1) is 0 Å². The Balaban J connectivity index is 2.06. The van der Waals surface area contributed by atoms with Gasteiger partial charge < -0.3 is 9.47 Å². The van der Waals surface area contributed by atoms with E-state index in [4.69, 9.17) is 4.74 Å². The first-order valence-corrected chi connectivity index (χ1v) is 8.21. The lowest BCUT2D eigenvalue weighted by molar-refractivity contribution is -0.140. The highest BCUT2D eigenvalue weighted by molar-refractivity contribution is 6.03. The summed E-state index contributed by atoms with van der Waals surface area (Å²) in [6.45, 7) is 0. The maximum atomic E-state index is 12.9. The molecule has 2 aromatic carbocycles. The minimum atomic E-state index is -4.48. The molecule has 0 fully saturated rings. The average molecular weight is 391 g/mol. The molecule has 0 radical (unpaired) electrons. The Bertz CT molecular complexity index is 1040. The fraction of sp³-hybridized carbons (Fsp3) is 0.200. The quantitative estimate of drug-likeness (QED) is 0.629. The molecular weight excluding hydrogens is 375 g/mol. The first kappa shape index (κ1) is 19.5. The predicted octanol–water partition coefficient (Wildman–Crippen LogP) is 4.07. The second kappa shape index (κ2) is 7.38. The normalized spacial score (nSPS) is 11.5. The van der Waals surface area contributed by atoms with Crippen molar-refractivity contribution in [1.82, 2.24) is 4.57 Å². The molecule has 1 heterocycles. The van der Waals surface area contributed by atoms with Crippen LogP contribution in [0.5, 0.6) is 5.75 Å². The van der Waals surface area contributed by atoms with Crippen LogP contribution in [0.25, 0.3) is 10.9 Å². The molecule has 0 unspecified atom stereocenters. The molecule has 0 aliphatic rings. The van der Waals surface area contributed by atoms with E-state index in [9.17, 15) is 22.8 Å². The van der Waals surface area contributed by atoms with Gasteiger partial charge in [-0.1, -0.05) is 0 Å². The summed E-state index contributed by atoms with van der Waals surface area (Å²) in [5, 5.41) is 0.616. The topological polar surface area (TPSA) is 57.5 Å². The first-order chi connectivity index (χ1) is 13.2. The van der Waals surface area contributed by atoms with E-state index in [-0.39, 0.29) is 12.0 Å². The lowest BCUT2D eigenvalue weighted by Crippen LogP contribution is -2.12. The highest BCUT2D eigenvalue weighted by atomic mass is 19.4. The second-order valence-corrected chi connectivity index (χ2v) is 6.04. The minimum Gasteiger partial charge on any atom is -0.497 e. The molecule has 0 atom stereocenters. The van der Waals surface area contributed by atoms with Crippen molar-refractivity contribution in [3.05, 3.63) is 65.4 Å². The van der Waals surface area contributed by atoms with Crippen LogP contribution in [0.4, 0.5) is 13.2 Å². The van der Waals surface area contributed by atoms with E-state index in [1.165, 1.54) is 25.0 Å². The number of nitrogens with zero attached hydrogens (tertiary/aromatic N) is 1. The Morgan fingerprint density at radius 1 is 1.04 bits per heavy atom. The maximum Gasteiger partial charge on any atom is 0.416 e. The fourth-order valence-electron chi connectivity index (χ4n) is 2.88. The van der Waals surface area contributed by atoms with Crippen LogP contribution < -0.4 is 4.74 Å². The molecule has 0 saturated carbocycles. The van der Waals surface area contributed by atoms with Crippen LogP contribution >= 0.6 is 0 Å². The highest BCUT2D eigenvalue weighted by Crippen LogP contribution is 2.30. The zero-order valence-corrected chi connectivity index (χ0v) is 15.0. The number of rotatable bonds is 4. The standard InChI is InChI=1S/C20H16F3NO4/c1-27-15-7-8-17-16(10-15)13(9-18(25)28-2)11-24(17)19(26)12-3-5-14(6-4-12)20(21,22)23/h3-8,10-11H,9H2,1-2H3. The summed E-state index contributed by atoms with van der Waals surface area (Å²) in [6, 6.07) is 8.96. The zero-order chi connectivity index (χ0) is 20.5. The van der Waals surface area contributed by atoms with Crippen LogP contribution in [0.3, 0.4) is 0 Å². The lowest BCUT2D eigenvalue weighted by Gasteiger charge is -2.08. The Morgan fingerprint density at radius 3 is 2.29 bits per heavy atom. The van der Waals surface area contributed by atoms with Crippen molar-refractivity contribution >= 4 is 22.8 Å². The number of hydrogen-bond donors (Lipinski definition) is 0. The van der Waals surface area contributed by atoms with Crippen molar-refractivity contribution in [2.45, 2.75) is 12.6 Å². The van der Waals surface area contributed by atoms with Gasteiger partial charge in [0.15, 0.2) is 0 Å². The van der Waals surface area contributed by atoms with Crippen LogP contribution in [-0.2, 0) is 22.1 Å². The zero-order valence-electron chi connectivity index (χ0n) is 15.0. The molecule has 0 bridgehead atoms. The highest BCUT2D eigenvalue weighted by Gasteiger charge is 2.30. The van der Waals surface area contributed by atoms with Gasteiger partial charge in [-0.2, -0.15) is 13.2 Å². The summed E-state index contributed by atoms with van der Waals surface area (Å²) in [5.41, 5.74) is 0.300. The molecule has 0 N–H and O–H groups in total. The molecule has 0 saturated heterocycles. The van der Waals surface area contributed by atoms with E-state index in [0.717, 1.165) is 24.3 Å². The molecule has 0 amide bonds. The largest absolute Gasteiger partial charge is 0.497 e. The second-order valence-electron chi connectivity index (χ2n) is 6.04. The minimum absolute atomic E-state index is 0.0620. The summed E-state index contributed by atoms with van der Waals surface area (Å²) in [6.07, 6.45) is -3.06. The molecular formula is C20H16F3NO4. The van der Waals surface area contributed by atoms with Crippen LogP contribution in [0.15, 0.2) is 48.7 Å². The number of carbonyl (C=O) groups is 2. The van der Waals surface area contributed by atoms with Gasteiger partial charge in [-0.25, -0.2) is 0 Å². The van der Waals surface area contributed by atoms with Crippen molar-refractivity contribution in [3.63, 3.8) is 0 Å². The summed E-state index contributed by atoms with van der Waals surface area (Å²) >= 11 is 0. The SMILES string of the molecule is COC(=O)Cc1cn(C(=O)c2ccc(C(F)(F)F)cc2)c2ccc(OC)cc12. The number of fused-ring (bicyclic) bond motifs is 1. The Kier molecular flexibility index (Phi) is 5.13. The molecule has 1 aromatic heterocycles. The van der Waals surface area contributed by atoms with E-state index in [0.29, 0.717) is 22.2 Å². The molecule has 3 rings (SSSR count). The van der Waals surface area contributed by atoms with Crippen molar-refractivity contribution in [3.8, 4) is 5.75 Å². The van der Waals surface area contributed by atoms with Crippen LogP contribution in [-0.4, -0.2) is 30.7 Å². The summed E-state index contributed by atoms with van der Waals surface area (Å²) in [5.74, 6) is -0.456. The molecule has 0 aliphatic carbocycles. The molecule has 146 valence electrons. The number of ether oxygens (including phenoxy) is 2. The number of benzene rings is 2. The maximum absolute atomic E-state index is 12.9. The van der Waals surface area contributed by atoms with Gasteiger partial charge in [0.05, 0.1) is 31.7 Å². The van der Waals surface area contributed by atoms with Gasteiger partial charge in [-0.05, 0) is 48.0 Å². The van der Waals surface area contributed by atoms with Crippen LogP contribution in [0.2, 0.25) is 0 Å². The van der Waals surface area contributed by atoms with Gasteiger partial charge in [0, 0.05) is 17.1 Å². The van der Waals surface area contributed by atoms with Gasteiger partial charge in [0.2, 0.25) is 0 Å². The van der Waals surface area contributed by atoms with Crippen molar-refractivity contribution in [1.29, 1.82) is 0 Å². The van der Waals surface area contributed by atoms with Crippen molar-refractivity contribution in [2.24, 2.45) is 0 Å². The van der Waals surface area contributed by atoms with E-state index in [2.05, 4.69) is 4.74 Å². The Morgan fingerprint density at radius 2 is 1.71 bits per heavy atom. The van der Waals surface area contributed by atoms with Gasteiger partial charge in [-0.3, -0.25) is 14.2 Å². The van der Waals surface area contributed by atoms with E-state index in [1.54, 1.807) is 18.2 Å². The first-order valence-electron chi connectivity index (χ1n) is 8.21. The predicted molar refractivity (Wildman–Crippen MR) is 95.4 cm³/mol. The van der Waals surface area contributed by atoms with Crippen molar-refractivity contribution < 1.29 is 32.2 Å². The Hall–Kier alpha value is -3.29. The smallest absolute Gasteiger partial charge is 0.416 e. The summed E-state index contributed by atoms with van der Waals surface area (Å²) in [4.78, 5) is 24.6. The third kappa shape index (κ3) is 3.71. The molecule has 0 aliphatic heterocycles. The van der Waals surface area contributed by atoms with Gasteiger partial charge in [0.1, 0.15) is 5.75 Å². The lowest BCUT2D eigenvalue weighted by atomic mass is 10.1. The fourth-order valence-corrected chi connectivity index (χ4v) is 2.88. The third-order valence-electron chi connectivity index (χ3n) is 4.33. The van der Waals surface area contributed by atoms with Gasteiger partial charge >= 0.3 is 12.1 Å². The molecule has 28 heavy (non-hydrogen) atoms. The van der Waals surface area contributed by atoms with E-state index >= 15 is 0 Å². The average Bonchev–Trinajstić information content (AvgIpc) is 3.04. The monoisotopic (exact) mass is 391 g/mol. The van der Waals surface area contributed by atoms with E-state index < -0.39 is 23.6 Å². The number of carbonyl (C=O) groups excluding carboxylic acids is 2. The number of hydrogen-bond acceptors (Lipinski definition) is 4. The molecule has 3 aromatic rings. The number of halogens is 3. The van der Waals surface area contributed by atoms with Gasteiger partial charge in [0.25, 0.3) is 5.91 Å². The van der Waals surface area contributed by atoms with Gasteiger partial charge in [-0.15, -0.1) is 0 Å². The summed E-state index contributed by atoms with van der Waals surface area (Å²) in [7, 11) is 2.75. The molecule has 8 heteroatoms. The Labute approximate surface area is 158 Å². The third-order valence-corrected chi connectivity index (χ3v) is 4.33. The van der Waals surface area contributed by atoms with E-state index in [1.807, 2.05) is 0 Å². The molecule has 5 nitrogen and oxygen atoms in total. The molecule has 0 spiro atoms. The number of esters is 1. The van der Waals surface area contributed by atoms with Crippen molar-refractivity contribution in [2.75, 3.05) is 14.2 Å². The number of methoxy groups -OCH3 is 2. The number of aromatic nitrogens is 1. The summed E-state index contributed by atoms with van der Waals surface area (Å²) < 4.78 is 49.4. The number of alkyl halides is 3. The van der Waals surface area contributed by atoms with Crippen LogP contribution in [0.1, 0.15) is 21.5 Å².